The van der Waals surface area contributed by atoms with E-state index in [4.69, 9.17) is 4.74 Å². The zero-order valence-corrected chi connectivity index (χ0v) is 18.2. The van der Waals surface area contributed by atoms with Crippen molar-refractivity contribution < 1.29 is 9.84 Å². The summed E-state index contributed by atoms with van der Waals surface area (Å²) in [4.78, 5) is 14.9. The predicted molar refractivity (Wildman–Crippen MR) is 125 cm³/mol. The number of aliphatic hydroxyl groups excluding tert-OH is 1. The maximum atomic E-state index is 12.0. The Hall–Kier alpha value is -2.34. The number of pyridine rings is 1. The number of aromatic amines is 1. The van der Waals surface area contributed by atoms with Crippen LogP contribution in [-0.2, 0) is 6.61 Å². The van der Waals surface area contributed by atoms with Crippen LogP contribution in [-0.4, -0.2) is 23.2 Å². The van der Waals surface area contributed by atoms with Gasteiger partial charge in [0.15, 0.2) is 0 Å². The Morgan fingerprint density at radius 2 is 1.83 bits per heavy atom. The molecule has 0 spiro atoms. The molecule has 3 aromatic rings. The molecule has 1 heterocycles. The van der Waals surface area contributed by atoms with Gasteiger partial charge in [-0.25, -0.2) is 0 Å². The second-order valence-electron chi connectivity index (χ2n) is 7.29. The second-order valence-corrected chi connectivity index (χ2v) is 7.29. The SMILES string of the molecule is CCCCCCNC(CO)c1ccc(OCc2ccccc2)c2[nH]c(=O)ccc12.Cl. The van der Waals surface area contributed by atoms with Gasteiger partial charge in [-0.15, -0.1) is 12.4 Å². The first kappa shape index (κ1) is 23.9. The maximum absolute atomic E-state index is 12.0. The fraction of sp³-hybridized carbons (Fsp3) is 0.375. The number of aliphatic hydroxyl groups is 1. The van der Waals surface area contributed by atoms with Gasteiger partial charge in [-0.1, -0.05) is 62.6 Å². The lowest BCUT2D eigenvalue weighted by molar-refractivity contribution is 0.244. The van der Waals surface area contributed by atoms with E-state index >= 15 is 0 Å². The number of H-pyrrole nitrogens is 1. The van der Waals surface area contributed by atoms with Crippen LogP contribution < -0.4 is 15.6 Å². The van der Waals surface area contributed by atoms with E-state index in [1.165, 1.54) is 25.3 Å². The fourth-order valence-electron chi connectivity index (χ4n) is 3.51. The summed E-state index contributed by atoms with van der Waals surface area (Å²) in [5.41, 5.74) is 2.51. The van der Waals surface area contributed by atoms with Crippen LogP contribution in [0.2, 0.25) is 0 Å². The van der Waals surface area contributed by atoms with Crippen molar-refractivity contribution in [2.45, 2.75) is 45.3 Å². The van der Waals surface area contributed by atoms with Crippen LogP contribution in [0.4, 0.5) is 0 Å². The number of fused-ring (bicyclic) bond motifs is 1. The van der Waals surface area contributed by atoms with Gasteiger partial charge in [0.25, 0.3) is 0 Å². The summed E-state index contributed by atoms with van der Waals surface area (Å²) in [6.07, 6.45) is 4.69. The highest BCUT2D eigenvalue weighted by molar-refractivity contribution is 5.88. The smallest absolute Gasteiger partial charge is 0.248 e. The Balaban J connectivity index is 0.00000320. The number of nitrogens with one attached hydrogen (secondary N) is 2. The third-order valence-corrected chi connectivity index (χ3v) is 5.11. The first-order chi connectivity index (χ1) is 14.2. The molecule has 0 radical (unpaired) electrons. The minimum Gasteiger partial charge on any atom is -0.487 e. The van der Waals surface area contributed by atoms with Crippen LogP contribution in [0.3, 0.4) is 0 Å². The molecule has 1 aromatic heterocycles. The van der Waals surface area contributed by atoms with Gasteiger partial charge in [0.05, 0.1) is 18.2 Å². The molecule has 0 aliphatic heterocycles. The van der Waals surface area contributed by atoms with Crippen molar-refractivity contribution in [1.29, 1.82) is 0 Å². The molecule has 6 heteroatoms. The standard InChI is InChI=1S/C24H30N2O3.ClH/c1-2-3-4-8-15-25-21(16-27)19-11-13-22(24-20(19)12-14-23(28)26-24)29-17-18-9-6-5-7-10-18;/h5-7,9-14,21,25,27H,2-4,8,15-17H2,1H3,(H,26,28);1H. The number of rotatable bonds is 11. The number of halogens is 1. The molecule has 0 saturated carbocycles. The highest BCUT2D eigenvalue weighted by Crippen LogP contribution is 2.30. The summed E-state index contributed by atoms with van der Waals surface area (Å²) in [5, 5.41) is 14.3. The van der Waals surface area contributed by atoms with Gasteiger partial charge in [0.1, 0.15) is 12.4 Å². The van der Waals surface area contributed by atoms with Crippen molar-refractivity contribution in [1.82, 2.24) is 10.3 Å². The third kappa shape index (κ3) is 6.33. The molecule has 0 bridgehead atoms. The molecule has 30 heavy (non-hydrogen) atoms. The molecule has 162 valence electrons. The highest BCUT2D eigenvalue weighted by Gasteiger charge is 2.16. The molecule has 5 nitrogen and oxygen atoms in total. The van der Waals surface area contributed by atoms with Gasteiger partial charge < -0.3 is 20.1 Å². The minimum atomic E-state index is -0.187. The monoisotopic (exact) mass is 430 g/mol. The molecule has 0 amide bonds. The Kier molecular flexibility index (Phi) is 9.87. The molecular formula is C24H31ClN2O3. The Morgan fingerprint density at radius 1 is 1.03 bits per heavy atom. The molecule has 2 aromatic carbocycles. The Labute approximate surface area is 183 Å². The van der Waals surface area contributed by atoms with Crippen LogP contribution in [0.25, 0.3) is 10.9 Å². The topological polar surface area (TPSA) is 74.3 Å². The van der Waals surface area contributed by atoms with Crippen molar-refractivity contribution in [3.8, 4) is 5.75 Å². The number of hydrogen-bond acceptors (Lipinski definition) is 4. The molecule has 3 N–H and O–H groups in total. The maximum Gasteiger partial charge on any atom is 0.248 e. The van der Waals surface area contributed by atoms with Crippen LogP contribution in [0.15, 0.2) is 59.4 Å². The van der Waals surface area contributed by atoms with E-state index in [-0.39, 0.29) is 30.6 Å². The summed E-state index contributed by atoms with van der Waals surface area (Å²) in [5.74, 6) is 0.630. The highest BCUT2D eigenvalue weighted by atomic mass is 35.5. The summed E-state index contributed by atoms with van der Waals surface area (Å²) in [6.45, 7) is 3.46. The van der Waals surface area contributed by atoms with E-state index in [9.17, 15) is 9.90 Å². The van der Waals surface area contributed by atoms with Gasteiger partial charge in [-0.3, -0.25) is 4.79 Å². The first-order valence-electron chi connectivity index (χ1n) is 10.4. The van der Waals surface area contributed by atoms with Crippen molar-refractivity contribution in [3.63, 3.8) is 0 Å². The normalized spacial score (nSPS) is 11.8. The van der Waals surface area contributed by atoms with Crippen LogP contribution >= 0.6 is 12.4 Å². The van der Waals surface area contributed by atoms with Gasteiger partial charge in [0, 0.05) is 11.5 Å². The van der Waals surface area contributed by atoms with Crippen LogP contribution in [0, 0.1) is 0 Å². The second kappa shape index (κ2) is 12.4. The van der Waals surface area contributed by atoms with Crippen molar-refractivity contribution in [3.05, 3.63) is 76.1 Å². The van der Waals surface area contributed by atoms with E-state index in [0.717, 1.165) is 29.5 Å². The molecule has 0 saturated heterocycles. The van der Waals surface area contributed by atoms with Crippen LogP contribution in [0.5, 0.6) is 5.75 Å². The summed E-state index contributed by atoms with van der Waals surface area (Å²) < 4.78 is 6.00. The molecule has 1 unspecified atom stereocenters. The van der Waals surface area contributed by atoms with Crippen molar-refractivity contribution >= 4 is 23.3 Å². The largest absolute Gasteiger partial charge is 0.487 e. The third-order valence-electron chi connectivity index (χ3n) is 5.11. The average Bonchev–Trinajstić information content (AvgIpc) is 2.75. The van der Waals surface area contributed by atoms with E-state index in [1.54, 1.807) is 6.07 Å². The molecular weight excluding hydrogens is 400 g/mol. The van der Waals surface area contributed by atoms with Crippen molar-refractivity contribution in [2.24, 2.45) is 0 Å². The van der Waals surface area contributed by atoms with Gasteiger partial charge >= 0.3 is 0 Å². The van der Waals surface area contributed by atoms with E-state index in [1.807, 2.05) is 42.5 Å². The quantitative estimate of drug-likeness (QED) is 0.384. The summed E-state index contributed by atoms with van der Waals surface area (Å²) in [7, 11) is 0. The summed E-state index contributed by atoms with van der Waals surface area (Å²) in [6, 6.07) is 16.9. The van der Waals surface area contributed by atoms with Gasteiger partial charge in [-0.2, -0.15) is 0 Å². The number of aromatic nitrogens is 1. The van der Waals surface area contributed by atoms with Crippen molar-refractivity contribution in [2.75, 3.05) is 13.2 Å². The molecule has 0 aliphatic carbocycles. The number of ether oxygens (including phenoxy) is 1. The molecule has 1 atom stereocenters. The van der Waals surface area contributed by atoms with Crippen LogP contribution in [0.1, 0.15) is 49.8 Å². The summed E-state index contributed by atoms with van der Waals surface area (Å²) >= 11 is 0. The van der Waals surface area contributed by atoms with E-state index in [0.29, 0.717) is 17.9 Å². The van der Waals surface area contributed by atoms with Gasteiger partial charge in [-0.05, 0) is 36.2 Å². The van der Waals surface area contributed by atoms with E-state index < -0.39 is 0 Å². The first-order valence-corrected chi connectivity index (χ1v) is 10.4. The molecule has 0 aliphatic rings. The zero-order valence-electron chi connectivity index (χ0n) is 17.4. The zero-order chi connectivity index (χ0) is 20.5. The van der Waals surface area contributed by atoms with Gasteiger partial charge in [0.2, 0.25) is 5.56 Å². The lowest BCUT2D eigenvalue weighted by Gasteiger charge is -2.20. The lowest BCUT2D eigenvalue weighted by atomic mass is 10.0. The Morgan fingerprint density at radius 3 is 2.57 bits per heavy atom. The fourth-order valence-corrected chi connectivity index (χ4v) is 3.51. The number of benzene rings is 2. The number of hydrogen-bond donors (Lipinski definition) is 3. The van der Waals surface area contributed by atoms with E-state index in [2.05, 4.69) is 17.2 Å². The molecule has 3 rings (SSSR count). The minimum absolute atomic E-state index is 0. The lowest BCUT2D eigenvalue weighted by Crippen LogP contribution is -2.26. The average molecular weight is 431 g/mol. The predicted octanol–water partition coefficient (Wildman–Crippen LogP) is 4.73. The number of unbranched alkanes of at least 4 members (excludes halogenated alkanes) is 3. The molecule has 0 fully saturated rings. The Bertz CT molecular complexity index is 960.